The van der Waals surface area contributed by atoms with Crippen LogP contribution in [0.2, 0.25) is 0 Å². The maximum atomic E-state index is 6.05. The first-order chi connectivity index (χ1) is 9.15. The van der Waals surface area contributed by atoms with Crippen LogP contribution in [0.25, 0.3) is 0 Å². The van der Waals surface area contributed by atoms with Crippen molar-refractivity contribution in [3.63, 3.8) is 0 Å². The van der Waals surface area contributed by atoms with Gasteiger partial charge in [0.05, 0.1) is 0 Å². The van der Waals surface area contributed by atoms with E-state index in [0.29, 0.717) is 11.9 Å². The predicted octanol–water partition coefficient (Wildman–Crippen LogP) is 4.11. The van der Waals surface area contributed by atoms with Gasteiger partial charge in [-0.2, -0.15) is 0 Å². The summed E-state index contributed by atoms with van der Waals surface area (Å²) in [5.74, 6) is 0.578. The van der Waals surface area contributed by atoms with Crippen LogP contribution < -0.4 is 4.90 Å². The third kappa shape index (κ3) is 3.65. The molecule has 1 heterocycles. The van der Waals surface area contributed by atoms with E-state index >= 15 is 0 Å². The minimum atomic E-state index is 0.578. The van der Waals surface area contributed by atoms with Crippen molar-refractivity contribution in [2.75, 3.05) is 31.1 Å². The Morgan fingerprint density at radius 2 is 1.95 bits per heavy atom. The highest BCUT2D eigenvalue weighted by Gasteiger charge is 2.21. The molecule has 0 aromatic heterocycles. The number of alkyl halides is 1. The highest BCUT2D eigenvalue weighted by Crippen LogP contribution is 2.27. The summed E-state index contributed by atoms with van der Waals surface area (Å²) >= 11 is 9.61. The van der Waals surface area contributed by atoms with E-state index in [1.807, 2.05) is 0 Å². The Morgan fingerprint density at radius 3 is 2.53 bits per heavy atom. The van der Waals surface area contributed by atoms with Crippen LogP contribution in [-0.2, 0) is 5.88 Å². The van der Waals surface area contributed by atoms with Crippen LogP contribution >= 0.6 is 27.5 Å². The zero-order chi connectivity index (χ0) is 13.8. The zero-order valence-electron chi connectivity index (χ0n) is 11.7. The first-order valence-corrected chi connectivity index (χ1v) is 8.31. The SMILES string of the molecule is CCC(C)N1CCN(c2cc(Br)ccc2CCl)CC1. The van der Waals surface area contributed by atoms with Gasteiger partial charge in [0, 0.05) is 48.3 Å². The zero-order valence-corrected chi connectivity index (χ0v) is 14.0. The molecule has 0 radical (unpaired) electrons. The third-order valence-corrected chi connectivity index (χ3v) is 4.84. The average molecular weight is 346 g/mol. The van der Waals surface area contributed by atoms with Gasteiger partial charge in [-0.05, 0) is 31.0 Å². The van der Waals surface area contributed by atoms with Crippen molar-refractivity contribution in [1.82, 2.24) is 4.90 Å². The van der Waals surface area contributed by atoms with Crippen LogP contribution in [0.3, 0.4) is 0 Å². The monoisotopic (exact) mass is 344 g/mol. The molecule has 1 aliphatic rings. The number of halogens is 2. The first-order valence-electron chi connectivity index (χ1n) is 6.99. The molecule has 1 unspecified atom stereocenters. The molecule has 4 heteroatoms. The van der Waals surface area contributed by atoms with Gasteiger partial charge in [-0.25, -0.2) is 0 Å². The standard InChI is InChI=1S/C15H22BrClN2/c1-3-12(2)18-6-8-19(9-7-18)15-10-14(16)5-4-13(15)11-17/h4-5,10,12H,3,6-9,11H2,1-2H3. The van der Waals surface area contributed by atoms with E-state index in [4.69, 9.17) is 11.6 Å². The molecule has 0 amide bonds. The van der Waals surface area contributed by atoms with Crippen molar-refractivity contribution < 1.29 is 0 Å². The second kappa shape index (κ2) is 6.96. The lowest BCUT2D eigenvalue weighted by molar-refractivity contribution is 0.193. The summed E-state index contributed by atoms with van der Waals surface area (Å²) in [4.78, 5) is 5.04. The topological polar surface area (TPSA) is 6.48 Å². The molecule has 2 nitrogen and oxygen atoms in total. The highest BCUT2D eigenvalue weighted by molar-refractivity contribution is 9.10. The molecule has 1 aromatic carbocycles. The molecule has 0 N–H and O–H groups in total. The van der Waals surface area contributed by atoms with Gasteiger partial charge in [-0.3, -0.25) is 4.90 Å². The van der Waals surface area contributed by atoms with Crippen LogP contribution in [-0.4, -0.2) is 37.1 Å². The summed E-state index contributed by atoms with van der Waals surface area (Å²) in [7, 11) is 0. The van der Waals surface area contributed by atoms with E-state index in [2.05, 4.69) is 57.8 Å². The highest BCUT2D eigenvalue weighted by atomic mass is 79.9. The number of benzene rings is 1. The molecule has 0 bridgehead atoms. The predicted molar refractivity (Wildman–Crippen MR) is 87.2 cm³/mol. The fourth-order valence-corrected chi connectivity index (χ4v) is 3.18. The van der Waals surface area contributed by atoms with Gasteiger partial charge < -0.3 is 4.90 Å². The number of hydrogen-bond donors (Lipinski definition) is 0. The van der Waals surface area contributed by atoms with Gasteiger partial charge in [0.15, 0.2) is 0 Å². The molecule has 0 aliphatic carbocycles. The third-order valence-electron chi connectivity index (χ3n) is 4.06. The fourth-order valence-electron chi connectivity index (χ4n) is 2.61. The Morgan fingerprint density at radius 1 is 1.26 bits per heavy atom. The van der Waals surface area contributed by atoms with Gasteiger partial charge in [0.25, 0.3) is 0 Å². The van der Waals surface area contributed by atoms with Crippen LogP contribution in [0.4, 0.5) is 5.69 Å². The van der Waals surface area contributed by atoms with Crippen LogP contribution in [0, 0.1) is 0 Å². The minimum Gasteiger partial charge on any atom is -0.369 e. The minimum absolute atomic E-state index is 0.578. The Balaban J connectivity index is 2.07. The summed E-state index contributed by atoms with van der Waals surface area (Å²) in [6.07, 6.45) is 1.23. The Bertz CT molecular complexity index is 417. The maximum absolute atomic E-state index is 6.05. The molecule has 1 fully saturated rings. The lowest BCUT2D eigenvalue weighted by Gasteiger charge is -2.39. The number of hydrogen-bond acceptors (Lipinski definition) is 2. The largest absolute Gasteiger partial charge is 0.369 e. The number of piperazine rings is 1. The summed E-state index contributed by atoms with van der Waals surface area (Å²) < 4.78 is 1.13. The lowest BCUT2D eigenvalue weighted by Crippen LogP contribution is -2.49. The van der Waals surface area contributed by atoms with Gasteiger partial charge in [-0.15, -0.1) is 11.6 Å². The average Bonchev–Trinajstić information content (AvgIpc) is 2.46. The summed E-state index contributed by atoms with van der Waals surface area (Å²) in [5, 5.41) is 0. The van der Waals surface area contributed by atoms with Gasteiger partial charge in [0.1, 0.15) is 0 Å². The molecule has 1 atom stereocenters. The van der Waals surface area contributed by atoms with Crippen LogP contribution in [0.1, 0.15) is 25.8 Å². The fraction of sp³-hybridized carbons (Fsp3) is 0.600. The number of rotatable bonds is 4. The van der Waals surface area contributed by atoms with Crippen LogP contribution in [0.15, 0.2) is 22.7 Å². The molecule has 0 saturated carbocycles. The van der Waals surface area contributed by atoms with Gasteiger partial charge in [0.2, 0.25) is 0 Å². The molecule has 1 saturated heterocycles. The van der Waals surface area contributed by atoms with E-state index < -0.39 is 0 Å². The van der Waals surface area contributed by atoms with E-state index in [1.165, 1.54) is 17.7 Å². The number of nitrogens with zero attached hydrogens (tertiary/aromatic N) is 2. The van der Waals surface area contributed by atoms with Crippen LogP contribution in [0.5, 0.6) is 0 Å². The van der Waals surface area contributed by atoms with E-state index in [9.17, 15) is 0 Å². The van der Waals surface area contributed by atoms with E-state index in [1.54, 1.807) is 0 Å². The Labute approximate surface area is 129 Å². The smallest absolute Gasteiger partial charge is 0.0494 e. The second-order valence-corrected chi connectivity index (χ2v) is 6.37. The molecule has 1 aromatic rings. The van der Waals surface area contributed by atoms with Crippen molar-refractivity contribution in [3.05, 3.63) is 28.2 Å². The summed E-state index contributed by atoms with van der Waals surface area (Å²) in [6, 6.07) is 7.07. The Kier molecular flexibility index (Phi) is 5.55. The molecule has 2 rings (SSSR count). The quantitative estimate of drug-likeness (QED) is 0.758. The van der Waals surface area contributed by atoms with Crippen molar-refractivity contribution in [2.24, 2.45) is 0 Å². The second-order valence-electron chi connectivity index (χ2n) is 5.19. The summed E-state index contributed by atoms with van der Waals surface area (Å²) in [6.45, 7) is 9.04. The molecular weight excluding hydrogens is 324 g/mol. The van der Waals surface area contributed by atoms with E-state index in [0.717, 1.165) is 30.7 Å². The molecule has 1 aliphatic heterocycles. The first kappa shape index (κ1) is 15.1. The van der Waals surface area contributed by atoms with Crippen molar-refractivity contribution in [2.45, 2.75) is 32.2 Å². The maximum Gasteiger partial charge on any atom is 0.0494 e. The normalized spacial score (nSPS) is 18.6. The van der Waals surface area contributed by atoms with Crippen molar-refractivity contribution in [3.8, 4) is 0 Å². The van der Waals surface area contributed by atoms with Gasteiger partial charge >= 0.3 is 0 Å². The number of anilines is 1. The molecule has 106 valence electrons. The molecule has 19 heavy (non-hydrogen) atoms. The van der Waals surface area contributed by atoms with Crippen molar-refractivity contribution >= 4 is 33.2 Å². The Hall–Kier alpha value is -0.250. The molecular formula is C15H22BrClN2. The molecule has 0 spiro atoms. The van der Waals surface area contributed by atoms with Gasteiger partial charge in [-0.1, -0.05) is 28.9 Å². The van der Waals surface area contributed by atoms with E-state index in [-0.39, 0.29) is 0 Å². The lowest BCUT2D eigenvalue weighted by atomic mass is 10.1. The summed E-state index contributed by atoms with van der Waals surface area (Å²) in [5.41, 5.74) is 2.51. The van der Waals surface area contributed by atoms with Crippen molar-refractivity contribution in [1.29, 1.82) is 0 Å².